The molecule has 3 nitrogen and oxygen atoms in total. The van der Waals surface area contributed by atoms with Crippen molar-refractivity contribution in [3.63, 3.8) is 0 Å². The van der Waals surface area contributed by atoms with Crippen LogP contribution >= 0.6 is 0 Å². The van der Waals surface area contributed by atoms with E-state index in [1.54, 1.807) is 43.3 Å². The molecule has 3 aromatic rings. The maximum atomic E-state index is 12.7. The lowest BCUT2D eigenvalue weighted by molar-refractivity contribution is 0.0817. The molecular formula is C25H22O3. The molecule has 140 valence electrons. The van der Waals surface area contributed by atoms with Gasteiger partial charge in [-0.3, -0.25) is 9.59 Å². The second-order valence-electron chi connectivity index (χ2n) is 7.18. The third-order valence-corrected chi connectivity index (χ3v) is 5.22. The quantitative estimate of drug-likeness (QED) is 0.570. The molecule has 0 spiro atoms. The summed E-state index contributed by atoms with van der Waals surface area (Å²) in [6.07, 6.45) is 2.72. The molecule has 1 aliphatic rings. The van der Waals surface area contributed by atoms with Crippen molar-refractivity contribution in [2.24, 2.45) is 0 Å². The van der Waals surface area contributed by atoms with Crippen LogP contribution in [0.4, 0.5) is 0 Å². The normalized spacial score (nSPS) is 13.6. The molecule has 0 aromatic heterocycles. The summed E-state index contributed by atoms with van der Waals surface area (Å²) in [6, 6.07) is 22.1. The van der Waals surface area contributed by atoms with Crippen molar-refractivity contribution < 1.29 is 14.3 Å². The van der Waals surface area contributed by atoms with Crippen LogP contribution in [-0.4, -0.2) is 17.7 Å². The predicted octanol–water partition coefficient (Wildman–Crippen LogP) is 5.06. The van der Waals surface area contributed by atoms with E-state index >= 15 is 0 Å². The molecule has 0 fully saturated rings. The largest absolute Gasteiger partial charge is 0.483 e. The van der Waals surface area contributed by atoms with Crippen molar-refractivity contribution in [1.82, 2.24) is 0 Å². The van der Waals surface area contributed by atoms with Crippen LogP contribution in [0.5, 0.6) is 5.75 Å². The van der Waals surface area contributed by atoms with Crippen molar-refractivity contribution in [2.75, 3.05) is 0 Å². The third kappa shape index (κ3) is 3.74. The molecule has 0 aliphatic heterocycles. The molecule has 3 aromatic carbocycles. The zero-order valence-electron chi connectivity index (χ0n) is 15.9. The zero-order valence-corrected chi connectivity index (χ0v) is 15.9. The van der Waals surface area contributed by atoms with Crippen LogP contribution in [0.25, 0.3) is 0 Å². The number of aryl methyl sites for hydroxylation is 2. The van der Waals surface area contributed by atoms with Crippen molar-refractivity contribution in [3.8, 4) is 5.75 Å². The number of rotatable bonds is 6. The Morgan fingerprint density at radius 3 is 2.18 bits per heavy atom. The summed E-state index contributed by atoms with van der Waals surface area (Å²) in [5, 5.41) is 0. The summed E-state index contributed by atoms with van der Waals surface area (Å²) in [6.45, 7) is 1.76. The number of carbonyl (C=O) groups is 2. The number of carbonyl (C=O) groups excluding carboxylic acids is 2. The first-order valence-electron chi connectivity index (χ1n) is 9.64. The van der Waals surface area contributed by atoms with Gasteiger partial charge < -0.3 is 4.74 Å². The van der Waals surface area contributed by atoms with E-state index in [-0.39, 0.29) is 11.6 Å². The second-order valence-corrected chi connectivity index (χ2v) is 7.18. The summed E-state index contributed by atoms with van der Waals surface area (Å²) in [5.41, 5.74) is 4.57. The highest BCUT2D eigenvalue weighted by atomic mass is 16.5. The minimum atomic E-state index is -0.588. The van der Waals surface area contributed by atoms with E-state index in [9.17, 15) is 9.59 Å². The summed E-state index contributed by atoms with van der Waals surface area (Å²) in [4.78, 5) is 25.2. The lowest BCUT2D eigenvalue weighted by atomic mass is 10.0. The van der Waals surface area contributed by atoms with Gasteiger partial charge in [0.05, 0.1) is 0 Å². The molecule has 0 bridgehead atoms. The lowest BCUT2D eigenvalue weighted by Gasteiger charge is -2.15. The average molecular weight is 370 g/mol. The van der Waals surface area contributed by atoms with Crippen molar-refractivity contribution in [2.45, 2.75) is 32.3 Å². The Kier molecular flexibility index (Phi) is 5.07. The number of benzene rings is 3. The fourth-order valence-corrected chi connectivity index (χ4v) is 3.66. The number of ether oxygens (including phenoxy) is 1. The highest BCUT2D eigenvalue weighted by Crippen LogP contribution is 2.24. The van der Waals surface area contributed by atoms with Gasteiger partial charge in [0.25, 0.3) is 0 Å². The fraction of sp³-hybridized carbons (Fsp3) is 0.200. The molecule has 0 N–H and O–H groups in total. The highest BCUT2D eigenvalue weighted by Gasteiger charge is 2.20. The maximum Gasteiger partial charge on any atom is 0.203 e. The maximum absolute atomic E-state index is 12.7. The fourth-order valence-electron chi connectivity index (χ4n) is 3.66. The average Bonchev–Trinajstić information content (AvgIpc) is 3.21. The third-order valence-electron chi connectivity index (χ3n) is 5.22. The number of hydrogen-bond acceptors (Lipinski definition) is 3. The summed E-state index contributed by atoms with van der Waals surface area (Å²) >= 11 is 0. The van der Waals surface area contributed by atoms with Crippen LogP contribution in [0.2, 0.25) is 0 Å². The smallest absolute Gasteiger partial charge is 0.203 e. The van der Waals surface area contributed by atoms with Gasteiger partial charge in [0.1, 0.15) is 5.75 Å². The van der Waals surface area contributed by atoms with Gasteiger partial charge in [0.15, 0.2) is 11.9 Å². The molecule has 0 unspecified atom stereocenters. The van der Waals surface area contributed by atoms with Crippen molar-refractivity contribution >= 4 is 11.6 Å². The first-order valence-corrected chi connectivity index (χ1v) is 9.64. The van der Waals surface area contributed by atoms with Crippen LogP contribution in [0.1, 0.15) is 50.8 Å². The van der Waals surface area contributed by atoms with Crippen LogP contribution in [-0.2, 0) is 12.8 Å². The molecule has 4 rings (SSSR count). The van der Waals surface area contributed by atoms with Crippen molar-refractivity contribution in [1.29, 1.82) is 0 Å². The van der Waals surface area contributed by atoms with E-state index in [0.29, 0.717) is 22.4 Å². The molecule has 0 radical (unpaired) electrons. The Morgan fingerprint density at radius 2 is 1.43 bits per heavy atom. The van der Waals surface area contributed by atoms with Crippen LogP contribution in [0, 0.1) is 0 Å². The van der Waals surface area contributed by atoms with Crippen LogP contribution in [0.15, 0.2) is 72.8 Å². The number of Topliss-reactive ketones (excluding diaryl/α,β-unsaturated/α-hetero) is 1. The van der Waals surface area contributed by atoms with E-state index in [1.165, 1.54) is 11.1 Å². The van der Waals surface area contributed by atoms with Gasteiger partial charge >= 0.3 is 0 Å². The monoisotopic (exact) mass is 370 g/mol. The molecule has 0 saturated heterocycles. The SMILES string of the molecule is C[C@H](Oc1ccc(C(=O)c2ccccc2)cc1)C(=O)c1ccc2c(c1)CCC2. The minimum absolute atomic E-state index is 0.0286. The topological polar surface area (TPSA) is 43.4 Å². The Hall–Kier alpha value is -3.20. The van der Waals surface area contributed by atoms with Gasteiger partial charge in [-0.2, -0.15) is 0 Å². The predicted molar refractivity (Wildman–Crippen MR) is 109 cm³/mol. The van der Waals surface area contributed by atoms with Gasteiger partial charge in [-0.05, 0) is 67.6 Å². The van der Waals surface area contributed by atoms with E-state index in [0.717, 1.165) is 19.3 Å². The molecule has 1 atom stereocenters. The van der Waals surface area contributed by atoms with Gasteiger partial charge in [-0.1, -0.05) is 42.5 Å². The summed E-state index contributed by atoms with van der Waals surface area (Å²) < 4.78 is 5.83. The first-order chi connectivity index (χ1) is 13.6. The Labute approximate surface area is 165 Å². The van der Waals surface area contributed by atoms with E-state index < -0.39 is 6.10 Å². The molecule has 28 heavy (non-hydrogen) atoms. The van der Waals surface area contributed by atoms with E-state index in [4.69, 9.17) is 4.74 Å². The number of hydrogen-bond donors (Lipinski definition) is 0. The Morgan fingerprint density at radius 1 is 0.786 bits per heavy atom. The zero-order chi connectivity index (χ0) is 19.5. The van der Waals surface area contributed by atoms with Gasteiger partial charge in [0.2, 0.25) is 5.78 Å². The molecule has 0 saturated carbocycles. The molecule has 3 heteroatoms. The number of fused-ring (bicyclic) bond motifs is 1. The molecule has 1 aliphatic carbocycles. The van der Waals surface area contributed by atoms with Gasteiger partial charge in [-0.15, -0.1) is 0 Å². The summed E-state index contributed by atoms with van der Waals surface area (Å²) in [5.74, 6) is 0.514. The molecule has 0 heterocycles. The van der Waals surface area contributed by atoms with Crippen LogP contribution in [0.3, 0.4) is 0 Å². The molecule has 0 amide bonds. The van der Waals surface area contributed by atoms with Gasteiger partial charge in [0, 0.05) is 16.7 Å². The highest BCUT2D eigenvalue weighted by molar-refractivity contribution is 6.09. The van der Waals surface area contributed by atoms with Crippen molar-refractivity contribution in [3.05, 3.63) is 101 Å². The van der Waals surface area contributed by atoms with Gasteiger partial charge in [-0.25, -0.2) is 0 Å². The lowest BCUT2D eigenvalue weighted by Crippen LogP contribution is -2.24. The summed E-state index contributed by atoms with van der Waals surface area (Å²) in [7, 11) is 0. The van der Waals surface area contributed by atoms with Crippen LogP contribution < -0.4 is 4.74 Å². The second kappa shape index (κ2) is 7.81. The standard InChI is InChI=1S/C25H22O3/c1-17(24(26)22-11-10-18-8-5-9-21(18)16-22)28-23-14-12-20(13-15-23)25(27)19-6-3-2-4-7-19/h2-4,6-7,10-17H,5,8-9H2,1H3/t17-/m0/s1. The minimum Gasteiger partial charge on any atom is -0.483 e. The molecular weight excluding hydrogens is 348 g/mol. The number of ketones is 2. The van der Waals surface area contributed by atoms with E-state index in [1.807, 2.05) is 30.3 Å². The van der Waals surface area contributed by atoms with E-state index in [2.05, 4.69) is 6.07 Å². The Bertz CT molecular complexity index is 1000. The first kappa shape index (κ1) is 18.2. The Balaban J connectivity index is 1.44.